The SMILES string of the molecule is Cc1cc(NC(=O)C2CC3(CC(CN)C3)C2)ccc1N1C(=O)CCC1=O.Cl. The first-order valence-electron chi connectivity index (χ1n) is 9.38. The molecule has 1 aromatic carbocycles. The molecule has 2 saturated carbocycles. The number of nitrogens with zero attached hydrogens (tertiary/aromatic N) is 1. The normalized spacial score (nSPS) is 29.2. The molecule has 6 nitrogen and oxygen atoms in total. The Morgan fingerprint density at radius 3 is 2.37 bits per heavy atom. The van der Waals surface area contributed by atoms with Gasteiger partial charge in [0.25, 0.3) is 0 Å². The number of nitrogens with one attached hydrogen (secondary N) is 1. The van der Waals surface area contributed by atoms with E-state index in [0.29, 0.717) is 22.7 Å². The standard InChI is InChI=1S/C20H25N3O3.ClH/c1-12-6-15(2-3-16(12)23-17(24)4-5-18(23)25)22-19(26)14-9-20(10-14)7-13(8-20)11-21;/h2-3,6,13-14H,4-5,7-11,21H2,1H3,(H,22,26);1H. The van der Waals surface area contributed by atoms with E-state index in [9.17, 15) is 14.4 Å². The smallest absolute Gasteiger partial charge is 0.234 e. The summed E-state index contributed by atoms with van der Waals surface area (Å²) in [5.74, 6) is 0.463. The van der Waals surface area contributed by atoms with Crippen molar-refractivity contribution >= 4 is 41.5 Å². The van der Waals surface area contributed by atoms with E-state index in [-0.39, 0.29) is 48.9 Å². The van der Waals surface area contributed by atoms with Gasteiger partial charge in [0.2, 0.25) is 17.7 Å². The number of carbonyl (C=O) groups is 3. The quantitative estimate of drug-likeness (QED) is 0.772. The molecule has 2 aliphatic carbocycles. The summed E-state index contributed by atoms with van der Waals surface area (Å²) in [7, 11) is 0. The molecule has 146 valence electrons. The minimum absolute atomic E-state index is 0. The number of anilines is 2. The lowest BCUT2D eigenvalue weighted by atomic mass is 9.48. The summed E-state index contributed by atoms with van der Waals surface area (Å²) in [5, 5.41) is 2.98. The van der Waals surface area contributed by atoms with Crippen LogP contribution in [0.3, 0.4) is 0 Å². The predicted molar refractivity (Wildman–Crippen MR) is 106 cm³/mol. The van der Waals surface area contributed by atoms with Crippen molar-refractivity contribution in [1.82, 2.24) is 0 Å². The summed E-state index contributed by atoms with van der Waals surface area (Å²) < 4.78 is 0. The molecule has 1 saturated heterocycles. The lowest BCUT2D eigenvalue weighted by Crippen LogP contribution is -2.52. The summed E-state index contributed by atoms with van der Waals surface area (Å²) >= 11 is 0. The van der Waals surface area contributed by atoms with Gasteiger partial charge in [-0.15, -0.1) is 12.4 Å². The van der Waals surface area contributed by atoms with Crippen molar-refractivity contribution in [2.75, 3.05) is 16.8 Å². The van der Waals surface area contributed by atoms with E-state index in [4.69, 9.17) is 5.73 Å². The Hall–Kier alpha value is -1.92. The number of rotatable bonds is 4. The minimum atomic E-state index is -0.161. The highest BCUT2D eigenvalue weighted by atomic mass is 35.5. The van der Waals surface area contributed by atoms with E-state index < -0.39 is 0 Å². The van der Waals surface area contributed by atoms with Gasteiger partial charge < -0.3 is 11.1 Å². The van der Waals surface area contributed by atoms with Gasteiger partial charge in [-0.05, 0) is 74.2 Å². The van der Waals surface area contributed by atoms with Crippen molar-refractivity contribution in [1.29, 1.82) is 0 Å². The average Bonchev–Trinajstić information content (AvgIpc) is 2.84. The highest BCUT2D eigenvalue weighted by Crippen LogP contribution is 2.61. The molecule has 3 amide bonds. The molecule has 0 radical (unpaired) electrons. The van der Waals surface area contributed by atoms with Crippen LogP contribution in [0.5, 0.6) is 0 Å². The van der Waals surface area contributed by atoms with E-state index in [1.807, 2.05) is 13.0 Å². The van der Waals surface area contributed by atoms with Crippen LogP contribution in [0.25, 0.3) is 0 Å². The fourth-order valence-corrected chi connectivity index (χ4v) is 4.91. The zero-order chi connectivity index (χ0) is 18.5. The number of hydrogen-bond donors (Lipinski definition) is 2. The second-order valence-electron chi connectivity index (χ2n) is 8.23. The van der Waals surface area contributed by atoms with Crippen LogP contribution >= 0.6 is 12.4 Å². The molecule has 3 aliphatic rings. The zero-order valence-corrected chi connectivity index (χ0v) is 16.3. The van der Waals surface area contributed by atoms with Crippen molar-refractivity contribution in [3.8, 4) is 0 Å². The van der Waals surface area contributed by atoms with Crippen LogP contribution < -0.4 is 16.0 Å². The van der Waals surface area contributed by atoms with E-state index in [0.717, 1.165) is 24.9 Å². The van der Waals surface area contributed by atoms with E-state index in [1.165, 1.54) is 17.7 Å². The second kappa shape index (κ2) is 7.24. The third kappa shape index (κ3) is 3.48. The highest BCUT2D eigenvalue weighted by molar-refractivity contribution is 6.20. The van der Waals surface area contributed by atoms with Gasteiger partial charge >= 0.3 is 0 Å². The number of hydrogen-bond acceptors (Lipinski definition) is 4. The van der Waals surface area contributed by atoms with Gasteiger partial charge in [-0.25, -0.2) is 0 Å². The molecule has 3 N–H and O–H groups in total. The molecule has 4 rings (SSSR count). The fraction of sp³-hybridized carbons (Fsp3) is 0.550. The van der Waals surface area contributed by atoms with E-state index in [1.54, 1.807) is 12.1 Å². The molecule has 0 unspecified atom stereocenters. The summed E-state index contributed by atoms with van der Waals surface area (Å²) in [4.78, 5) is 37.5. The molecule has 0 bridgehead atoms. The average molecular weight is 392 g/mol. The van der Waals surface area contributed by atoms with E-state index >= 15 is 0 Å². The molecule has 7 heteroatoms. The predicted octanol–water partition coefficient (Wildman–Crippen LogP) is 2.77. The Kier molecular flexibility index (Phi) is 5.32. The van der Waals surface area contributed by atoms with Crippen LogP contribution in [0.15, 0.2) is 18.2 Å². The van der Waals surface area contributed by atoms with Crippen molar-refractivity contribution in [2.24, 2.45) is 23.0 Å². The number of nitrogens with two attached hydrogens (primary N) is 1. The molecular weight excluding hydrogens is 366 g/mol. The molecule has 1 spiro atoms. The molecule has 1 aliphatic heterocycles. The third-order valence-corrected chi connectivity index (χ3v) is 6.26. The van der Waals surface area contributed by atoms with Gasteiger partial charge in [0, 0.05) is 24.4 Å². The largest absolute Gasteiger partial charge is 0.330 e. The fourth-order valence-electron chi connectivity index (χ4n) is 4.91. The molecule has 0 aromatic heterocycles. The summed E-state index contributed by atoms with van der Waals surface area (Å²) in [5.41, 5.74) is 8.20. The van der Waals surface area contributed by atoms with Gasteiger partial charge in [-0.2, -0.15) is 0 Å². The second-order valence-corrected chi connectivity index (χ2v) is 8.23. The highest BCUT2D eigenvalue weighted by Gasteiger charge is 2.54. The van der Waals surface area contributed by atoms with Crippen LogP contribution in [-0.2, 0) is 14.4 Å². The Morgan fingerprint density at radius 2 is 1.81 bits per heavy atom. The van der Waals surface area contributed by atoms with Gasteiger partial charge in [0.05, 0.1) is 5.69 Å². The maximum atomic E-state index is 12.5. The molecule has 0 atom stereocenters. The van der Waals surface area contributed by atoms with Gasteiger partial charge in [0.15, 0.2) is 0 Å². The van der Waals surface area contributed by atoms with Crippen molar-refractivity contribution < 1.29 is 14.4 Å². The maximum absolute atomic E-state index is 12.5. The summed E-state index contributed by atoms with van der Waals surface area (Å²) in [6.07, 6.45) is 4.79. The number of imide groups is 1. The Bertz CT molecular complexity index is 765. The van der Waals surface area contributed by atoms with Gasteiger partial charge in [0.1, 0.15) is 0 Å². The van der Waals surface area contributed by atoms with Crippen LogP contribution in [-0.4, -0.2) is 24.3 Å². The molecule has 1 heterocycles. The van der Waals surface area contributed by atoms with Crippen LogP contribution in [0.2, 0.25) is 0 Å². The van der Waals surface area contributed by atoms with Crippen molar-refractivity contribution in [2.45, 2.75) is 45.4 Å². The van der Waals surface area contributed by atoms with Crippen LogP contribution in [0.1, 0.15) is 44.1 Å². The Labute approximate surface area is 165 Å². The third-order valence-electron chi connectivity index (χ3n) is 6.26. The lowest BCUT2D eigenvalue weighted by molar-refractivity contribution is -0.135. The van der Waals surface area contributed by atoms with Crippen LogP contribution in [0.4, 0.5) is 11.4 Å². The minimum Gasteiger partial charge on any atom is -0.330 e. The monoisotopic (exact) mass is 391 g/mol. The molecular formula is C20H26ClN3O3. The van der Waals surface area contributed by atoms with Crippen molar-refractivity contribution in [3.63, 3.8) is 0 Å². The number of benzene rings is 1. The lowest BCUT2D eigenvalue weighted by Gasteiger charge is -2.57. The number of aryl methyl sites for hydroxylation is 1. The Balaban J connectivity index is 0.00000210. The van der Waals surface area contributed by atoms with Crippen LogP contribution in [0, 0.1) is 24.2 Å². The van der Waals surface area contributed by atoms with Gasteiger partial charge in [-0.3, -0.25) is 19.3 Å². The first-order valence-corrected chi connectivity index (χ1v) is 9.38. The summed E-state index contributed by atoms with van der Waals surface area (Å²) in [6.45, 7) is 2.61. The first kappa shape index (κ1) is 19.8. The number of amides is 3. The topological polar surface area (TPSA) is 92.5 Å². The van der Waals surface area contributed by atoms with Gasteiger partial charge in [-0.1, -0.05) is 0 Å². The zero-order valence-electron chi connectivity index (χ0n) is 15.5. The number of carbonyl (C=O) groups excluding carboxylic acids is 3. The number of halogens is 1. The molecule has 27 heavy (non-hydrogen) atoms. The molecule has 3 fully saturated rings. The van der Waals surface area contributed by atoms with E-state index in [2.05, 4.69) is 5.32 Å². The molecule has 1 aromatic rings. The van der Waals surface area contributed by atoms with Crippen molar-refractivity contribution in [3.05, 3.63) is 23.8 Å². The summed E-state index contributed by atoms with van der Waals surface area (Å²) in [6, 6.07) is 5.34. The Morgan fingerprint density at radius 1 is 1.19 bits per heavy atom. The maximum Gasteiger partial charge on any atom is 0.234 e. The first-order chi connectivity index (χ1) is 12.4.